The molecule has 2 rings (SSSR count). The Labute approximate surface area is 171 Å². The zero-order chi connectivity index (χ0) is 20.2. The maximum atomic E-state index is 11.1. The molecule has 2 amide bonds. The Morgan fingerprint density at radius 2 is 1.92 bits per heavy atom. The molecular weight excluding hydrogens is 364 g/mol. The van der Waals surface area contributed by atoms with Crippen LogP contribution in [0.1, 0.15) is 65.7 Å². The quantitative estimate of drug-likeness (QED) is 0.278. The minimum Gasteiger partial charge on any atom is -0.332 e. The first-order valence-electron chi connectivity index (χ1n) is 9.87. The molecule has 0 saturated carbocycles. The van der Waals surface area contributed by atoms with Gasteiger partial charge in [-0.15, -0.1) is 0 Å². The Morgan fingerprint density at radius 1 is 1.23 bits per heavy atom. The van der Waals surface area contributed by atoms with Crippen molar-refractivity contribution >= 4 is 30.4 Å². The lowest BCUT2D eigenvalue weighted by molar-refractivity contribution is 0.247. The number of hydrogen-bond acceptors (Lipinski definition) is 5. The monoisotopic (exact) mass is 404 g/mol. The van der Waals surface area contributed by atoms with E-state index in [2.05, 4.69) is 41.6 Å². The van der Waals surface area contributed by atoms with Crippen LogP contribution in [0.15, 0.2) is 0 Å². The van der Waals surface area contributed by atoms with Gasteiger partial charge in [0.25, 0.3) is 0 Å². The summed E-state index contributed by atoms with van der Waals surface area (Å²) in [5.74, 6) is 1.02. The Hall–Kier alpha value is -0.580. The minimum atomic E-state index is -0.0210. The number of fused-ring (bicyclic) bond motifs is 1. The van der Waals surface area contributed by atoms with Gasteiger partial charge in [0.15, 0.2) is 0 Å². The van der Waals surface area contributed by atoms with Crippen LogP contribution in [-0.4, -0.2) is 49.0 Å². The Morgan fingerprint density at radius 3 is 2.50 bits per heavy atom. The number of nitrogens with one attached hydrogen (secondary N) is 3. The highest BCUT2D eigenvalue weighted by atomic mass is 32.2. The molecule has 2 fully saturated rings. The van der Waals surface area contributed by atoms with Crippen molar-refractivity contribution < 1.29 is 4.79 Å². The number of carbonyl (C=O) groups excluding carboxylic acids is 1. The van der Waals surface area contributed by atoms with Crippen LogP contribution in [0, 0.1) is 11.3 Å². The summed E-state index contributed by atoms with van der Waals surface area (Å²) in [6.45, 7) is 7.39. The first-order chi connectivity index (χ1) is 12.7. The van der Waals surface area contributed by atoms with E-state index in [9.17, 15) is 4.79 Å². The van der Waals surface area contributed by atoms with E-state index in [4.69, 9.17) is 5.26 Å². The molecule has 0 aromatic heterocycles. The molecule has 3 N–H and O–H groups in total. The predicted octanol–water partition coefficient (Wildman–Crippen LogP) is 4.20. The van der Waals surface area contributed by atoms with Crippen LogP contribution in [0.3, 0.4) is 0 Å². The second-order valence-electron chi connectivity index (χ2n) is 5.84. The highest BCUT2D eigenvalue weighted by molar-refractivity contribution is 8.00. The molecule has 0 bridgehead atoms. The largest absolute Gasteiger partial charge is 0.332 e. The van der Waals surface area contributed by atoms with Gasteiger partial charge >= 0.3 is 6.03 Å². The molecule has 5 nitrogen and oxygen atoms in total. The molecule has 26 heavy (non-hydrogen) atoms. The Balaban J connectivity index is 0. The van der Waals surface area contributed by atoms with Gasteiger partial charge in [-0.2, -0.15) is 29.7 Å². The molecule has 2 aliphatic rings. The van der Waals surface area contributed by atoms with Gasteiger partial charge in [0.2, 0.25) is 0 Å². The normalized spacial score (nSPS) is 22.0. The van der Waals surface area contributed by atoms with E-state index in [1.54, 1.807) is 6.26 Å². The number of nitriles is 1. The van der Waals surface area contributed by atoms with Crippen molar-refractivity contribution in [3.63, 3.8) is 0 Å². The third-order valence-electron chi connectivity index (χ3n) is 4.00. The first-order valence-corrected chi connectivity index (χ1v) is 11.8. The standard InChI is InChI=1S/C10H15N3OS.C6H15N.C2H6.CH4S/c11-5-3-1-2-4-8-9-7(6-15-8)12-10(14)13-9;1-3-4-5-6-7-2;2*1-2/h7-9H,1-4,6H2,(H2,12,13,14);7H,3-6H2,1-2H3;1-2H3;2H,1H3. The van der Waals surface area contributed by atoms with E-state index in [0.717, 1.165) is 25.0 Å². The van der Waals surface area contributed by atoms with Crippen molar-refractivity contribution in [3.8, 4) is 6.07 Å². The molecule has 0 aromatic carbocycles. The SMILES string of the molecule is CC.CCCCCNC.CS.N#CCCCCC1SCC2NC(=O)NC21. The van der Waals surface area contributed by atoms with E-state index >= 15 is 0 Å². The summed E-state index contributed by atoms with van der Waals surface area (Å²) in [5, 5.41) is 18.0. The number of carbonyl (C=O) groups is 1. The number of rotatable bonds is 8. The summed E-state index contributed by atoms with van der Waals surface area (Å²) in [7, 11) is 2.00. The number of hydrogen-bond donors (Lipinski definition) is 4. The first kappa shape index (κ1) is 27.6. The molecule has 0 radical (unpaired) electrons. The van der Waals surface area contributed by atoms with Crippen molar-refractivity contribution in [1.29, 1.82) is 5.26 Å². The van der Waals surface area contributed by atoms with Gasteiger partial charge in [0, 0.05) is 17.4 Å². The molecule has 0 spiro atoms. The zero-order valence-electron chi connectivity index (χ0n) is 17.3. The zero-order valence-corrected chi connectivity index (χ0v) is 19.0. The Bertz CT molecular complexity index is 360. The smallest absolute Gasteiger partial charge is 0.315 e. The molecular formula is C19H40N4OS2. The van der Waals surface area contributed by atoms with E-state index < -0.39 is 0 Å². The minimum absolute atomic E-state index is 0.0210. The summed E-state index contributed by atoms with van der Waals surface area (Å²) >= 11 is 5.46. The lowest BCUT2D eigenvalue weighted by Crippen LogP contribution is -2.36. The molecule has 3 atom stereocenters. The lowest BCUT2D eigenvalue weighted by Gasteiger charge is -2.15. The Kier molecular flexibility index (Phi) is 22.0. The predicted molar refractivity (Wildman–Crippen MR) is 119 cm³/mol. The average molecular weight is 405 g/mol. The summed E-state index contributed by atoms with van der Waals surface area (Å²) in [5.41, 5.74) is 0. The van der Waals surface area contributed by atoms with Crippen LogP contribution in [0.5, 0.6) is 0 Å². The molecule has 2 aliphatic heterocycles. The fraction of sp³-hybridized carbons (Fsp3) is 0.895. The van der Waals surface area contributed by atoms with E-state index in [1.807, 2.05) is 32.7 Å². The van der Waals surface area contributed by atoms with Crippen LogP contribution in [0.25, 0.3) is 0 Å². The molecule has 7 heteroatoms. The average Bonchev–Trinajstić information content (AvgIpc) is 3.23. The van der Waals surface area contributed by atoms with Gasteiger partial charge in [-0.05, 0) is 39.1 Å². The third kappa shape index (κ3) is 12.7. The summed E-state index contributed by atoms with van der Waals surface area (Å²) in [6, 6.07) is 2.77. The van der Waals surface area contributed by atoms with E-state index in [1.165, 1.54) is 25.8 Å². The van der Waals surface area contributed by atoms with Gasteiger partial charge in [-0.25, -0.2) is 4.79 Å². The molecule has 154 valence electrons. The number of thioether (sulfide) groups is 1. The summed E-state index contributed by atoms with van der Waals surface area (Å²) in [6.07, 6.45) is 9.53. The summed E-state index contributed by atoms with van der Waals surface area (Å²) in [4.78, 5) is 11.1. The van der Waals surface area contributed by atoms with Gasteiger partial charge in [0.05, 0.1) is 18.2 Å². The second kappa shape index (κ2) is 20.7. The fourth-order valence-corrected chi connectivity index (χ4v) is 4.29. The van der Waals surface area contributed by atoms with Crippen molar-refractivity contribution in [1.82, 2.24) is 16.0 Å². The lowest BCUT2D eigenvalue weighted by atomic mass is 10.0. The van der Waals surface area contributed by atoms with Crippen molar-refractivity contribution in [2.24, 2.45) is 0 Å². The van der Waals surface area contributed by atoms with Crippen LogP contribution in [0.4, 0.5) is 4.79 Å². The van der Waals surface area contributed by atoms with E-state index in [-0.39, 0.29) is 6.03 Å². The molecule has 2 saturated heterocycles. The molecule has 2 heterocycles. The number of nitrogens with zero attached hydrogens (tertiary/aromatic N) is 1. The van der Waals surface area contributed by atoms with Crippen LogP contribution < -0.4 is 16.0 Å². The van der Waals surface area contributed by atoms with E-state index in [0.29, 0.717) is 23.8 Å². The number of amides is 2. The maximum Gasteiger partial charge on any atom is 0.315 e. The molecule has 0 aromatic rings. The highest BCUT2D eigenvalue weighted by Gasteiger charge is 2.42. The number of thiol groups is 1. The second-order valence-corrected chi connectivity index (χ2v) is 7.11. The molecule has 3 unspecified atom stereocenters. The maximum absolute atomic E-state index is 11.1. The number of unbranched alkanes of at least 4 members (excludes halogenated alkanes) is 4. The fourth-order valence-electron chi connectivity index (χ4n) is 2.74. The summed E-state index contributed by atoms with van der Waals surface area (Å²) < 4.78 is 0. The van der Waals surface area contributed by atoms with Gasteiger partial charge < -0.3 is 16.0 Å². The van der Waals surface area contributed by atoms with Gasteiger partial charge in [0.1, 0.15) is 0 Å². The topological polar surface area (TPSA) is 77.0 Å². The van der Waals surface area contributed by atoms with Crippen molar-refractivity contribution in [2.75, 3.05) is 25.6 Å². The number of urea groups is 1. The highest BCUT2D eigenvalue weighted by Crippen LogP contribution is 2.33. The van der Waals surface area contributed by atoms with Gasteiger partial charge in [-0.1, -0.05) is 40.0 Å². The van der Waals surface area contributed by atoms with Crippen LogP contribution in [-0.2, 0) is 0 Å². The van der Waals surface area contributed by atoms with Crippen molar-refractivity contribution in [3.05, 3.63) is 0 Å². The van der Waals surface area contributed by atoms with Crippen molar-refractivity contribution in [2.45, 2.75) is 83.1 Å². The van der Waals surface area contributed by atoms with Gasteiger partial charge in [-0.3, -0.25) is 0 Å². The van der Waals surface area contributed by atoms with Crippen LogP contribution >= 0.6 is 24.4 Å². The molecule has 0 aliphatic carbocycles. The third-order valence-corrected chi connectivity index (χ3v) is 5.50. The van der Waals surface area contributed by atoms with Crippen LogP contribution in [0.2, 0.25) is 0 Å².